The summed E-state index contributed by atoms with van der Waals surface area (Å²) in [4.78, 5) is 7.68. The molecule has 0 radical (unpaired) electrons. The molecule has 3 N–H and O–H groups in total. The minimum absolute atomic E-state index is 0.0697. The lowest BCUT2D eigenvalue weighted by Gasteiger charge is -2.25. The van der Waals surface area contributed by atoms with Crippen molar-refractivity contribution in [3.8, 4) is 28.1 Å². The summed E-state index contributed by atoms with van der Waals surface area (Å²) in [6.45, 7) is 1.12. The number of nitrogens with two attached hydrogens (primary N) is 1. The Labute approximate surface area is 182 Å². The number of rotatable bonds is 5. The first-order valence-electron chi connectivity index (χ1n) is 10.3. The molecular weight excluding hydrogens is 417 g/mol. The fraction of sp³-hybridized carbons (Fsp3) is 0.208. The minimum Gasteiger partial charge on any atom is -0.406 e. The molecule has 4 aromatic rings. The van der Waals surface area contributed by atoms with E-state index in [2.05, 4.69) is 25.3 Å². The maximum atomic E-state index is 12.8. The monoisotopic (exact) mass is 438 g/mol. The number of halogens is 3. The van der Waals surface area contributed by atoms with Crippen molar-refractivity contribution in [3.63, 3.8) is 0 Å². The fourth-order valence-corrected chi connectivity index (χ4v) is 4.38. The second kappa shape index (κ2) is 7.87. The first-order valence-corrected chi connectivity index (χ1v) is 10.3. The van der Waals surface area contributed by atoms with Crippen molar-refractivity contribution in [1.82, 2.24) is 9.55 Å². The molecule has 0 bridgehead atoms. The van der Waals surface area contributed by atoms with Gasteiger partial charge in [0.15, 0.2) is 0 Å². The van der Waals surface area contributed by atoms with Gasteiger partial charge in [-0.2, -0.15) is 0 Å². The largest absolute Gasteiger partial charge is 0.573 e. The predicted octanol–water partition coefficient (Wildman–Crippen LogP) is 5.52. The molecule has 0 spiro atoms. The molecule has 1 aliphatic rings. The van der Waals surface area contributed by atoms with Crippen LogP contribution in [0.4, 0.5) is 13.2 Å². The third-order valence-corrected chi connectivity index (χ3v) is 5.68. The normalized spacial score (nSPS) is 15.8. The Bertz CT molecular complexity index is 1300. The summed E-state index contributed by atoms with van der Waals surface area (Å²) in [5.74, 6) is -0.251. The number of ether oxygens (including phenoxy) is 1. The number of H-pyrrole nitrogens is 1. The van der Waals surface area contributed by atoms with E-state index in [0.29, 0.717) is 18.7 Å². The van der Waals surface area contributed by atoms with E-state index < -0.39 is 6.36 Å². The average molecular weight is 438 g/mol. The van der Waals surface area contributed by atoms with Gasteiger partial charge in [0.2, 0.25) is 0 Å². The summed E-state index contributed by atoms with van der Waals surface area (Å²) < 4.78 is 44.8. The molecule has 0 fully saturated rings. The van der Waals surface area contributed by atoms with Crippen LogP contribution in [-0.4, -0.2) is 35.2 Å². The third kappa shape index (κ3) is 3.78. The number of hydrogen-bond acceptors (Lipinski definition) is 3. The average Bonchev–Trinajstić information content (AvgIpc) is 3.37. The molecule has 3 heterocycles. The van der Waals surface area contributed by atoms with Gasteiger partial charge in [-0.25, -0.2) is 0 Å². The summed E-state index contributed by atoms with van der Waals surface area (Å²) in [6.07, 6.45) is -0.315. The van der Waals surface area contributed by atoms with Crippen molar-refractivity contribution in [2.24, 2.45) is 10.7 Å². The maximum Gasteiger partial charge on any atom is 0.573 e. The van der Waals surface area contributed by atoms with Crippen LogP contribution in [-0.2, 0) is 0 Å². The van der Waals surface area contributed by atoms with Crippen molar-refractivity contribution in [2.45, 2.75) is 18.8 Å². The molecule has 5 nitrogen and oxygen atoms in total. The second-order valence-electron chi connectivity index (χ2n) is 7.78. The fourth-order valence-electron chi connectivity index (χ4n) is 4.38. The topological polar surface area (TPSA) is 68.3 Å². The highest BCUT2D eigenvalue weighted by Crippen LogP contribution is 2.41. The predicted molar refractivity (Wildman–Crippen MR) is 119 cm³/mol. The zero-order valence-corrected chi connectivity index (χ0v) is 17.1. The lowest BCUT2D eigenvalue weighted by Crippen LogP contribution is -2.22. The highest BCUT2D eigenvalue weighted by Gasteiger charge is 2.31. The SMILES string of the molecule is NCC[C@H]1CN=Cc2cc(-c3cccc(OC(F)(F)F)c3)c(-c3ccc4[nH]ccc4c3)n21. The Morgan fingerprint density at radius 1 is 1.09 bits per heavy atom. The molecule has 2 aromatic heterocycles. The number of benzene rings is 2. The van der Waals surface area contributed by atoms with Gasteiger partial charge in [0.25, 0.3) is 0 Å². The molecule has 32 heavy (non-hydrogen) atoms. The third-order valence-electron chi connectivity index (χ3n) is 5.68. The highest BCUT2D eigenvalue weighted by molar-refractivity contribution is 5.93. The number of hydrogen-bond donors (Lipinski definition) is 2. The van der Waals surface area contributed by atoms with Gasteiger partial charge in [0.1, 0.15) is 5.75 Å². The molecular formula is C24H21F3N4O. The molecule has 8 heteroatoms. The molecule has 2 aromatic carbocycles. The number of nitrogens with zero attached hydrogens (tertiary/aromatic N) is 2. The second-order valence-corrected chi connectivity index (χ2v) is 7.78. The zero-order valence-electron chi connectivity index (χ0n) is 17.1. The molecule has 1 atom stereocenters. The lowest BCUT2D eigenvalue weighted by atomic mass is 9.99. The van der Waals surface area contributed by atoms with E-state index in [9.17, 15) is 13.2 Å². The maximum absolute atomic E-state index is 12.8. The van der Waals surface area contributed by atoms with E-state index >= 15 is 0 Å². The van der Waals surface area contributed by atoms with Crippen LogP contribution in [0, 0.1) is 0 Å². The molecule has 0 amide bonds. The quantitative estimate of drug-likeness (QED) is 0.431. The van der Waals surface area contributed by atoms with Crippen LogP contribution < -0.4 is 10.5 Å². The summed E-state index contributed by atoms with van der Waals surface area (Å²) in [5, 5.41) is 1.05. The number of aliphatic imine (C=N–C) groups is 1. The highest BCUT2D eigenvalue weighted by atomic mass is 19.4. The molecule has 5 rings (SSSR count). The Morgan fingerprint density at radius 2 is 1.97 bits per heavy atom. The molecule has 1 aliphatic heterocycles. The lowest BCUT2D eigenvalue weighted by molar-refractivity contribution is -0.274. The van der Waals surface area contributed by atoms with E-state index in [1.165, 1.54) is 12.1 Å². The number of nitrogens with one attached hydrogen (secondary N) is 1. The van der Waals surface area contributed by atoms with Gasteiger partial charge >= 0.3 is 6.36 Å². The van der Waals surface area contributed by atoms with Gasteiger partial charge in [-0.1, -0.05) is 18.2 Å². The van der Waals surface area contributed by atoms with Gasteiger partial charge in [0.05, 0.1) is 24.0 Å². The first kappa shape index (κ1) is 20.4. The Balaban J connectivity index is 1.71. The Hall–Kier alpha value is -3.52. The summed E-state index contributed by atoms with van der Waals surface area (Å²) in [6, 6.07) is 16.2. The van der Waals surface area contributed by atoms with Crippen LogP contribution in [0.25, 0.3) is 33.3 Å². The van der Waals surface area contributed by atoms with Gasteiger partial charge < -0.3 is 20.0 Å². The number of aromatic nitrogens is 2. The smallest absolute Gasteiger partial charge is 0.406 e. The van der Waals surface area contributed by atoms with Crippen molar-refractivity contribution in [2.75, 3.05) is 13.1 Å². The number of fused-ring (bicyclic) bond motifs is 2. The van der Waals surface area contributed by atoms with E-state index in [1.807, 2.05) is 36.7 Å². The molecule has 0 unspecified atom stereocenters. The molecule has 0 saturated heterocycles. The molecule has 164 valence electrons. The van der Waals surface area contributed by atoms with Gasteiger partial charge in [-0.3, -0.25) is 4.99 Å². The van der Waals surface area contributed by atoms with Gasteiger partial charge in [-0.15, -0.1) is 13.2 Å². The van der Waals surface area contributed by atoms with Crippen LogP contribution in [0.15, 0.2) is 65.8 Å². The van der Waals surface area contributed by atoms with Crippen LogP contribution in [0.5, 0.6) is 5.75 Å². The van der Waals surface area contributed by atoms with Gasteiger partial charge in [0, 0.05) is 28.9 Å². The summed E-state index contributed by atoms with van der Waals surface area (Å²) in [7, 11) is 0. The minimum atomic E-state index is -4.75. The van der Waals surface area contributed by atoms with Gasteiger partial charge in [-0.05, 0) is 60.5 Å². The van der Waals surface area contributed by atoms with E-state index in [0.717, 1.165) is 39.8 Å². The summed E-state index contributed by atoms with van der Waals surface area (Å²) >= 11 is 0. The zero-order chi connectivity index (χ0) is 22.3. The van der Waals surface area contributed by atoms with Crippen molar-refractivity contribution >= 4 is 17.1 Å². The Kier molecular flexibility index (Phi) is 5.01. The van der Waals surface area contributed by atoms with Crippen LogP contribution in [0.2, 0.25) is 0 Å². The van der Waals surface area contributed by atoms with Crippen molar-refractivity contribution in [3.05, 3.63) is 66.5 Å². The first-order chi connectivity index (χ1) is 15.4. The standard InChI is InChI=1S/C24H21F3N4O/c25-24(26,27)32-20-3-1-2-15(11-20)21-12-19-14-29-13-18(6-8-28)31(19)23(21)17-4-5-22-16(10-17)7-9-30-22/h1-5,7,9-12,14,18,30H,6,8,13,28H2/t18-/m0/s1. The van der Waals surface area contributed by atoms with E-state index in [-0.39, 0.29) is 11.8 Å². The van der Waals surface area contributed by atoms with Crippen LogP contribution in [0.1, 0.15) is 18.2 Å². The molecule has 0 saturated carbocycles. The van der Waals surface area contributed by atoms with Crippen LogP contribution in [0.3, 0.4) is 0 Å². The molecule has 0 aliphatic carbocycles. The number of alkyl halides is 3. The van der Waals surface area contributed by atoms with E-state index in [4.69, 9.17) is 5.73 Å². The van der Waals surface area contributed by atoms with Crippen molar-refractivity contribution < 1.29 is 17.9 Å². The van der Waals surface area contributed by atoms with Crippen LogP contribution >= 0.6 is 0 Å². The van der Waals surface area contributed by atoms with E-state index in [1.54, 1.807) is 12.1 Å². The summed E-state index contributed by atoms with van der Waals surface area (Å²) in [5.41, 5.74) is 11.1. The van der Waals surface area contributed by atoms with Crippen molar-refractivity contribution in [1.29, 1.82) is 0 Å². The Morgan fingerprint density at radius 3 is 2.78 bits per heavy atom. The number of aromatic amines is 1.